The van der Waals surface area contributed by atoms with Crippen LogP contribution in [0.5, 0.6) is 0 Å². The topological polar surface area (TPSA) is 176 Å². The largest absolute Gasteiger partial charge is 0.505 e. The summed E-state index contributed by atoms with van der Waals surface area (Å²) in [5, 5.41) is 40.1. The van der Waals surface area contributed by atoms with Crippen molar-refractivity contribution in [3.05, 3.63) is 87.7 Å². The number of nitrogens with one attached hydrogen (secondary N) is 1. The van der Waals surface area contributed by atoms with E-state index in [0.29, 0.717) is 11.4 Å². The number of esters is 2. The Morgan fingerprint density at radius 2 is 1.80 bits per heavy atom. The Morgan fingerprint density at radius 1 is 1.11 bits per heavy atom. The zero-order valence-corrected chi connectivity index (χ0v) is 18.3. The third-order valence-corrected chi connectivity index (χ3v) is 5.11. The molecule has 35 heavy (non-hydrogen) atoms. The highest BCUT2D eigenvalue weighted by Crippen LogP contribution is 2.25. The molecule has 0 saturated heterocycles. The van der Waals surface area contributed by atoms with Gasteiger partial charge in [0.2, 0.25) is 5.76 Å². The summed E-state index contributed by atoms with van der Waals surface area (Å²) in [6.45, 7) is 1.01. The second-order valence-corrected chi connectivity index (χ2v) is 7.50. The van der Waals surface area contributed by atoms with E-state index in [0.717, 1.165) is 0 Å². The lowest BCUT2D eigenvalue weighted by atomic mass is 10.1. The summed E-state index contributed by atoms with van der Waals surface area (Å²) < 4.78 is 11.0. The van der Waals surface area contributed by atoms with Crippen LogP contribution in [0.15, 0.2) is 81.1 Å². The van der Waals surface area contributed by atoms with E-state index < -0.39 is 47.8 Å². The highest BCUT2D eigenvalue weighted by Gasteiger charge is 2.39. The van der Waals surface area contributed by atoms with Crippen LogP contribution >= 0.6 is 0 Å². The van der Waals surface area contributed by atoms with Crippen molar-refractivity contribution in [2.45, 2.75) is 19.1 Å². The van der Waals surface area contributed by atoms with E-state index in [2.05, 4.69) is 20.1 Å². The number of aromatic nitrogens is 2. The summed E-state index contributed by atoms with van der Waals surface area (Å²) >= 11 is 0. The van der Waals surface area contributed by atoms with Gasteiger partial charge in [0.05, 0.1) is 16.9 Å². The molecular formula is C23H20N4O8. The standard InChI is InChI=1S/C23H20N4O8/c1-12-17(21(31)27(26-12)13-7-3-2-4-8-13)25-24-15-10-6-5-9-14(15)22(32)34-11-16(28)20-18(29)19(30)23(33)35-20/h2-10,16,20,26,28-30H,11H2,1H3. The summed E-state index contributed by atoms with van der Waals surface area (Å²) in [7, 11) is 0. The van der Waals surface area contributed by atoms with Crippen molar-refractivity contribution in [3.8, 4) is 5.69 Å². The molecule has 2 heterocycles. The molecule has 2 atom stereocenters. The van der Waals surface area contributed by atoms with Crippen LogP contribution in [0.1, 0.15) is 16.1 Å². The molecule has 0 spiro atoms. The number of cyclic esters (lactones) is 1. The van der Waals surface area contributed by atoms with Gasteiger partial charge in [-0.25, -0.2) is 14.3 Å². The Kier molecular flexibility index (Phi) is 6.46. The van der Waals surface area contributed by atoms with Gasteiger partial charge >= 0.3 is 11.9 Å². The molecule has 4 rings (SSSR count). The van der Waals surface area contributed by atoms with Gasteiger partial charge in [-0.05, 0) is 31.2 Å². The van der Waals surface area contributed by atoms with Crippen molar-refractivity contribution in [2.24, 2.45) is 10.2 Å². The van der Waals surface area contributed by atoms with Crippen LogP contribution in [-0.4, -0.2) is 55.9 Å². The van der Waals surface area contributed by atoms with Gasteiger partial charge in [0.25, 0.3) is 5.56 Å². The molecule has 1 aliphatic heterocycles. The number of nitrogens with zero attached hydrogens (tertiary/aromatic N) is 3. The number of hydrogen-bond donors (Lipinski definition) is 4. The van der Waals surface area contributed by atoms with Crippen molar-refractivity contribution in [3.63, 3.8) is 0 Å². The maximum atomic E-state index is 12.8. The molecule has 3 aromatic rings. The lowest BCUT2D eigenvalue weighted by Gasteiger charge is -2.17. The smallest absolute Gasteiger partial charge is 0.377 e. The van der Waals surface area contributed by atoms with Crippen molar-refractivity contribution in [2.75, 3.05) is 6.61 Å². The molecule has 0 fully saturated rings. The number of aryl methyl sites for hydroxylation is 1. The van der Waals surface area contributed by atoms with Gasteiger partial charge in [-0.2, -0.15) is 0 Å². The molecule has 0 saturated carbocycles. The highest BCUT2D eigenvalue weighted by molar-refractivity contribution is 5.94. The van der Waals surface area contributed by atoms with E-state index in [1.54, 1.807) is 43.3 Å². The third kappa shape index (κ3) is 4.68. The maximum absolute atomic E-state index is 12.8. The van der Waals surface area contributed by atoms with E-state index in [1.165, 1.54) is 16.8 Å². The molecule has 1 aliphatic rings. The van der Waals surface area contributed by atoms with E-state index in [4.69, 9.17) is 4.74 Å². The first-order valence-corrected chi connectivity index (χ1v) is 10.3. The number of aliphatic hydroxyl groups is 3. The van der Waals surface area contributed by atoms with Crippen LogP contribution in [-0.2, 0) is 14.3 Å². The van der Waals surface area contributed by atoms with Crippen LogP contribution in [0.2, 0.25) is 0 Å². The Labute approximate surface area is 197 Å². The second kappa shape index (κ2) is 9.65. The molecule has 0 radical (unpaired) electrons. The van der Waals surface area contributed by atoms with Gasteiger partial charge in [-0.15, -0.1) is 10.2 Å². The normalized spacial score (nSPS) is 16.5. The Bertz CT molecular complexity index is 1390. The van der Waals surface area contributed by atoms with Crippen LogP contribution in [0.4, 0.5) is 11.4 Å². The summed E-state index contributed by atoms with van der Waals surface area (Å²) in [4.78, 5) is 36.6. The SMILES string of the molecule is Cc1[nH]n(-c2ccccc2)c(=O)c1N=Nc1ccccc1C(=O)OCC(O)C1OC(=O)C(O)=C1O. The molecule has 0 amide bonds. The Hall–Kier alpha value is -4.71. The molecule has 1 aromatic heterocycles. The number of aliphatic hydroxyl groups excluding tert-OH is 3. The number of hydrogen-bond acceptors (Lipinski definition) is 10. The molecule has 4 N–H and O–H groups in total. The number of ether oxygens (including phenoxy) is 2. The second-order valence-electron chi connectivity index (χ2n) is 7.50. The summed E-state index contributed by atoms with van der Waals surface area (Å²) in [5.74, 6) is -3.95. The van der Waals surface area contributed by atoms with Gasteiger partial charge < -0.3 is 24.8 Å². The fraction of sp³-hybridized carbons (Fsp3) is 0.174. The number of aromatic amines is 1. The monoisotopic (exact) mass is 480 g/mol. The first kappa shape index (κ1) is 23.4. The van der Waals surface area contributed by atoms with Crippen LogP contribution in [0.3, 0.4) is 0 Å². The minimum Gasteiger partial charge on any atom is -0.505 e. The number of carbonyl (C=O) groups is 2. The lowest BCUT2D eigenvalue weighted by Crippen LogP contribution is -2.33. The molecular weight excluding hydrogens is 460 g/mol. The number of rotatable bonds is 7. The average Bonchev–Trinajstić information content (AvgIpc) is 3.30. The highest BCUT2D eigenvalue weighted by atomic mass is 16.6. The van der Waals surface area contributed by atoms with Crippen molar-refractivity contribution in [1.29, 1.82) is 0 Å². The minimum atomic E-state index is -1.62. The van der Waals surface area contributed by atoms with Crippen LogP contribution in [0.25, 0.3) is 5.69 Å². The Balaban J connectivity index is 1.50. The minimum absolute atomic E-state index is 0.00829. The molecule has 12 nitrogen and oxygen atoms in total. The predicted molar refractivity (Wildman–Crippen MR) is 120 cm³/mol. The van der Waals surface area contributed by atoms with E-state index in [1.807, 2.05) is 6.07 Å². The number of benzene rings is 2. The first-order valence-electron chi connectivity index (χ1n) is 10.3. The number of azo groups is 1. The van der Waals surface area contributed by atoms with Gasteiger partial charge in [0.15, 0.2) is 17.6 Å². The number of H-pyrrole nitrogens is 1. The average molecular weight is 480 g/mol. The van der Waals surface area contributed by atoms with Crippen molar-refractivity contribution in [1.82, 2.24) is 9.78 Å². The fourth-order valence-electron chi connectivity index (χ4n) is 3.30. The summed E-state index contributed by atoms with van der Waals surface area (Å²) in [6, 6.07) is 15.0. The summed E-state index contributed by atoms with van der Waals surface area (Å²) in [5.41, 5.74) is 0.803. The van der Waals surface area contributed by atoms with Crippen molar-refractivity contribution >= 4 is 23.3 Å². The molecule has 12 heteroatoms. The number of para-hydroxylation sites is 1. The summed E-state index contributed by atoms with van der Waals surface area (Å²) in [6.07, 6.45) is -3.19. The Morgan fingerprint density at radius 3 is 2.49 bits per heavy atom. The van der Waals surface area contributed by atoms with Crippen molar-refractivity contribution < 1.29 is 34.4 Å². The molecule has 0 aliphatic carbocycles. The zero-order valence-electron chi connectivity index (χ0n) is 18.3. The molecule has 2 unspecified atom stereocenters. The molecule has 180 valence electrons. The van der Waals surface area contributed by atoms with E-state index in [9.17, 15) is 29.7 Å². The first-order chi connectivity index (χ1) is 16.8. The van der Waals surface area contributed by atoms with Gasteiger partial charge in [0, 0.05) is 0 Å². The van der Waals surface area contributed by atoms with Crippen LogP contribution in [0, 0.1) is 6.92 Å². The molecule has 2 aromatic carbocycles. The van der Waals surface area contributed by atoms with E-state index >= 15 is 0 Å². The van der Waals surface area contributed by atoms with Crippen LogP contribution < -0.4 is 5.56 Å². The third-order valence-electron chi connectivity index (χ3n) is 5.11. The van der Waals surface area contributed by atoms with Gasteiger partial charge in [0.1, 0.15) is 18.4 Å². The maximum Gasteiger partial charge on any atom is 0.377 e. The van der Waals surface area contributed by atoms with Gasteiger partial charge in [-0.1, -0.05) is 30.3 Å². The number of carbonyl (C=O) groups excluding carboxylic acids is 2. The molecule has 0 bridgehead atoms. The predicted octanol–water partition coefficient (Wildman–Crippen LogP) is 2.66. The lowest BCUT2D eigenvalue weighted by molar-refractivity contribution is -0.147. The fourth-order valence-corrected chi connectivity index (χ4v) is 3.30. The van der Waals surface area contributed by atoms with Gasteiger partial charge in [-0.3, -0.25) is 9.89 Å². The van der Waals surface area contributed by atoms with E-state index in [-0.39, 0.29) is 16.9 Å². The zero-order chi connectivity index (χ0) is 25.1. The quantitative estimate of drug-likeness (QED) is 0.295.